The molecule has 0 aliphatic rings. The van der Waals surface area contributed by atoms with Crippen LogP contribution in [0.5, 0.6) is 0 Å². The Balaban J connectivity index is 1.34. The van der Waals surface area contributed by atoms with Crippen molar-refractivity contribution in [3.63, 3.8) is 0 Å². The standard InChI is InChI=1S/C22H18FN3O2/c23-18-9-4-7-16(13-18)22-25-21(28-26-22)12-11-20(27)24-14-17-8-3-6-15-5-1-2-10-19(15)17/h1-10,13H,11-12,14H2,(H,24,27). The van der Waals surface area contributed by atoms with Gasteiger partial charge < -0.3 is 9.84 Å². The largest absolute Gasteiger partial charge is 0.352 e. The summed E-state index contributed by atoms with van der Waals surface area (Å²) in [7, 11) is 0. The summed E-state index contributed by atoms with van der Waals surface area (Å²) >= 11 is 0. The van der Waals surface area contributed by atoms with Crippen LogP contribution in [0.2, 0.25) is 0 Å². The summed E-state index contributed by atoms with van der Waals surface area (Å²) in [5, 5.41) is 9.05. The summed E-state index contributed by atoms with van der Waals surface area (Å²) in [6.07, 6.45) is 0.555. The van der Waals surface area contributed by atoms with Gasteiger partial charge in [-0.2, -0.15) is 4.98 Å². The SMILES string of the molecule is O=C(CCc1nc(-c2cccc(F)c2)no1)NCc1cccc2ccccc12. The van der Waals surface area contributed by atoms with E-state index in [-0.39, 0.29) is 18.1 Å². The van der Waals surface area contributed by atoms with E-state index in [4.69, 9.17) is 4.52 Å². The first-order chi connectivity index (χ1) is 13.7. The van der Waals surface area contributed by atoms with Gasteiger partial charge in [-0.1, -0.05) is 59.8 Å². The Hall–Kier alpha value is -3.54. The van der Waals surface area contributed by atoms with Crippen molar-refractivity contribution in [2.75, 3.05) is 0 Å². The van der Waals surface area contributed by atoms with Gasteiger partial charge in [0.1, 0.15) is 5.82 Å². The van der Waals surface area contributed by atoms with Crippen LogP contribution in [0.25, 0.3) is 22.2 Å². The van der Waals surface area contributed by atoms with Crippen molar-refractivity contribution in [3.8, 4) is 11.4 Å². The molecule has 0 spiro atoms. The lowest BCUT2D eigenvalue weighted by molar-refractivity contribution is -0.121. The zero-order valence-corrected chi connectivity index (χ0v) is 15.1. The lowest BCUT2D eigenvalue weighted by atomic mass is 10.0. The van der Waals surface area contributed by atoms with Gasteiger partial charge in [0, 0.05) is 24.9 Å². The van der Waals surface area contributed by atoms with E-state index in [9.17, 15) is 9.18 Å². The molecule has 0 aliphatic heterocycles. The van der Waals surface area contributed by atoms with Crippen LogP contribution in [0.1, 0.15) is 17.9 Å². The molecule has 3 aromatic carbocycles. The van der Waals surface area contributed by atoms with Crippen molar-refractivity contribution in [1.82, 2.24) is 15.5 Å². The zero-order chi connectivity index (χ0) is 19.3. The Morgan fingerprint density at radius 3 is 2.75 bits per heavy atom. The molecule has 6 heteroatoms. The van der Waals surface area contributed by atoms with Gasteiger partial charge in [0.15, 0.2) is 0 Å². The summed E-state index contributed by atoms with van der Waals surface area (Å²) in [5.74, 6) is 0.195. The Bertz CT molecular complexity index is 1120. The maximum atomic E-state index is 13.3. The highest BCUT2D eigenvalue weighted by molar-refractivity contribution is 5.86. The second-order valence-electron chi connectivity index (χ2n) is 6.44. The van der Waals surface area contributed by atoms with Crippen LogP contribution in [0.4, 0.5) is 4.39 Å². The number of carbonyl (C=O) groups excluding carboxylic acids is 1. The molecular weight excluding hydrogens is 357 g/mol. The van der Waals surface area contributed by atoms with Gasteiger partial charge in [-0.25, -0.2) is 4.39 Å². The maximum Gasteiger partial charge on any atom is 0.227 e. The molecule has 0 aliphatic carbocycles. The highest BCUT2D eigenvalue weighted by atomic mass is 19.1. The van der Waals surface area contributed by atoms with Crippen LogP contribution in [-0.2, 0) is 17.8 Å². The smallest absolute Gasteiger partial charge is 0.227 e. The Morgan fingerprint density at radius 1 is 1.04 bits per heavy atom. The van der Waals surface area contributed by atoms with Crippen molar-refractivity contribution in [2.24, 2.45) is 0 Å². The molecule has 1 aromatic heterocycles. The summed E-state index contributed by atoms with van der Waals surface area (Å²) < 4.78 is 18.5. The highest BCUT2D eigenvalue weighted by Gasteiger charge is 2.11. The van der Waals surface area contributed by atoms with Crippen molar-refractivity contribution < 1.29 is 13.7 Å². The van der Waals surface area contributed by atoms with E-state index in [1.807, 2.05) is 42.5 Å². The number of fused-ring (bicyclic) bond motifs is 1. The Labute approximate surface area is 161 Å². The zero-order valence-electron chi connectivity index (χ0n) is 15.1. The van der Waals surface area contributed by atoms with Crippen molar-refractivity contribution >= 4 is 16.7 Å². The molecule has 4 aromatic rings. The molecule has 1 amide bonds. The monoisotopic (exact) mass is 375 g/mol. The van der Waals surface area contributed by atoms with E-state index in [2.05, 4.69) is 15.5 Å². The molecule has 0 saturated heterocycles. The summed E-state index contributed by atoms with van der Waals surface area (Å²) in [4.78, 5) is 16.4. The van der Waals surface area contributed by atoms with Crippen molar-refractivity contribution in [1.29, 1.82) is 0 Å². The van der Waals surface area contributed by atoms with Crippen LogP contribution in [0, 0.1) is 5.82 Å². The van der Waals surface area contributed by atoms with Crippen molar-refractivity contribution in [2.45, 2.75) is 19.4 Å². The highest BCUT2D eigenvalue weighted by Crippen LogP contribution is 2.19. The molecule has 5 nitrogen and oxygen atoms in total. The van der Waals surface area contributed by atoms with Gasteiger partial charge in [-0.3, -0.25) is 4.79 Å². The number of nitrogens with zero attached hydrogens (tertiary/aromatic N) is 2. The number of aryl methyl sites for hydroxylation is 1. The predicted octanol–water partition coefficient (Wildman–Crippen LogP) is 4.28. The fourth-order valence-corrected chi connectivity index (χ4v) is 3.05. The summed E-state index contributed by atoms with van der Waals surface area (Å²) in [5.41, 5.74) is 1.60. The van der Waals surface area contributed by atoms with E-state index in [1.165, 1.54) is 12.1 Å². The number of hydrogen-bond donors (Lipinski definition) is 1. The lowest BCUT2D eigenvalue weighted by Gasteiger charge is -2.08. The fraction of sp³-hybridized carbons (Fsp3) is 0.136. The molecule has 0 saturated carbocycles. The van der Waals surface area contributed by atoms with E-state index < -0.39 is 0 Å². The third kappa shape index (κ3) is 4.06. The van der Waals surface area contributed by atoms with E-state index in [1.54, 1.807) is 12.1 Å². The van der Waals surface area contributed by atoms with Gasteiger partial charge in [-0.05, 0) is 28.5 Å². The first kappa shape index (κ1) is 17.9. The van der Waals surface area contributed by atoms with Crippen LogP contribution in [0.3, 0.4) is 0 Å². The Kier molecular flexibility index (Phi) is 5.10. The number of benzene rings is 3. The van der Waals surface area contributed by atoms with E-state index >= 15 is 0 Å². The van der Waals surface area contributed by atoms with Gasteiger partial charge >= 0.3 is 0 Å². The summed E-state index contributed by atoms with van der Waals surface area (Å²) in [6, 6.07) is 20.1. The number of hydrogen-bond acceptors (Lipinski definition) is 4. The minimum absolute atomic E-state index is 0.0987. The minimum atomic E-state index is -0.364. The third-order valence-electron chi connectivity index (χ3n) is 4.47. The number of carbonyl (C=O) groups is 1. The number of nitrogens with one attached hydrogen (secondary N) is 1. The molecule has 28 heavy (non-hydrogen) atoms. The van der Waals surface area contributed by atoms with Crippen LogP contribution in [-0.4, -0.2) is 16.0 Å². The second kappa shape index (κ2) is 8.00. The van der Waals surface area contributed by atoms with E-state index in [0.29, 0.717) is 30.2 Å². The van der Waals surface area contributed by atoms with Gasteiger partial charge in [-0.15, -0.1) is 0 Å². The fourth-order valence-electron chi connectivity index (χ4n) is 3.05. The minimum Gasteiger partial charge on any atom is -0.352 e. The van der Waals surface area contributed by atoms with Crippen molar-refractivity contribution in [3.05, 3.63) is 84.0 Å². The molecule has 0 atom stereocenters. The van der Waals surface area contributed by atoms with Crippen LogP contribution >= 0.6 is 0 Å². The second-order valence-corrected chi connectivity index (χ2v) is 6.44. The number of amides is 1. The maximum absolute atomic E-state index is 13.3. The molecule has 0 fully saturated rings. The normalized spacial score (nSPS) is 10.9. The molecular formula is C22H18FN3O2. The molecule has 4 rings (SSSR count). The van der Waals surface area contributed by atoms with Crippen LogP contribution < -0.4 is 5.32 Å². The average molecular weight is 375 g/mol. The molecule has 0 bridgehead atoms. The number of rotatable bonds is 6. The first-order valence-corrected chi connectivity index (χ1v) is 9.01. The van der Waals surface area contributed by atoms with Crippen LogP contribution in [0.15, 0.2) is 71.3 Å². The number of halogens is 1. The average Bonchev–Trinajstić information content (AvgIpc) is 3.20. The summed E-state index contributed by atoms with van der Waals surface area (Å²) in [6.45, 7) is 0.457. The lowest BCUT2D eigenvalue weighted by Crippen LogP contribution is -2.23. The molecule has 140 valence electrons. The Morgan fingerprint density at radius 2 is 1.86 bits per heavy atom. The van der Waals surface area contributed by atoms with Gasteiger partial charge in [0.05, 0.1) is 0 Å². The molecule has 0 unspecified atom stereocenters. The van der Waals surface area contributed by atoms with E-state index in [0.717, 1.165) is 16.3 Å². The first-order valence-electron chi connectivity index (χ1n) is 9.01. The quantitative estimate of drug-likeness (QED) is 0.546. The molecule has 1 heterocycles. The predicted molar refractivity (Wildman–Crippen MR) is 104 cm³/mol. The number of aromatic nitrogens is 2. The topological polar surface area (TPSA) is 68.0 Å². The molecule has 0 radical (unpaired) electrons. The third-order valence-corrected chi connectivity index (χ3v) is 4.47. The molecule has 1 N–H and O–H groups in total. The van der Waals surface area contributed by atoms with Gasteiger partial charge in [0.25, 0.3) is 0 Å². The van der Waals surface area contributed by atoms with Gasteiger partial charge in [0.2, 0.25) is 17.6 Å².